The number of nitriles is 1. The number of benzene rings is 3. The van der Waals surface area contributed by atoms with Crippen molar-refractivity contribution in [3.05, 3.63) is 87.4 Å². The molecule has 0 saturated heterocycles. The minimum Gasteiger partial charge on any atom is -0.490 e. The normalized spacial score (nSPS) is 11.7. The van der Waals surface area contributed by atoms with E-state index in [4.69, 9.17) is 32.1 Å². The number of rotatable bonds is 7. The van der Waals surface area contributed by atoms with Crippen molar-refractivity contribution in [2.75, 3.05) is 6.61 Å². The summed E-state index contributed by atoms with van der Waals surface area (Å²) in [6, 6.07) is 18.3. The van der Waals surface area contributed by atoms with Gasteiger partial charge in [-0.05, 0) is 67.4 Å². The monoisotopic (exact) mass is 487 g/mol. The number of hydrogen-bond donors (Lipinski definition) is 0. The number of nitrogens with zero attached hydrogens (tertiary/aromatic N) is 1. The smallest absolute Gasteiger partial charge is 0.339 e. The summed E-state index contributed by atoms with van der Waals surface area (Å²) in [5.41, 5.74) is 2.52. The van der Waals surface area contributed by atoms with Gasteiger partial charge < -0.3 is 8.92 Å². The van der Waals surface area contributed by atoms with Crippen molar-refractivity contribution in [3.63, 3.8) is 0 Å². The molecular weight excluding hydrogens is 469 g/mol. The van der Waals surface area contributed by atoms with Gasteiger partial charge in [0.25, 0.3) is 0 Å². The van der Waals surface area contributed by atoms with Crippen molar-refractivity contribution in [3.8, 4) is 17.6 Å². The first-order valence-electron chi connectivity index (χ1n) is 9.58. The van der Waals surface area contributed by atoms with Gasteiger partial charge in [-0.3, -0.25) is 0 Å². The summed E-state index contributed by atoms with van der Waals surface area (Å²) >= 11 is 12.3. The Labute approximate surface area is 197 Å². The Morgan fingerprint density at radius 3 is 2.31 bits per heavy atom. The van der Waals surface area contributed by atoms with Crippen molar-refractivity contribution in [2.24, 2.45) is 0 Å². The molecule has 0 fully saturated rings. The van der Waals surface area contributed by atoms with Gasteiger partial charge in [-0.2, -0.15) is 13.7 Å². The van der Waals surface area contributed by atoms with E-state index in [1.807, 2.05) is 6.92 Å². The summed E-state index contributed by atoms with van der Waals surface area (Å²) in [7, 11) is -4.13. The summed E-state index contributed by atoms with van der Waals surface area (Å²) in [6.07, 6.45) is 1.62. The zero-order valence-electron chi connectivity index (χ0n) is 17.3. The molecule has 8 heteroatoms. The molecule has 0 aromatic heterocycles. The molecule has 0 bridgehead atoms. The Bertz CT molecular complexity index is 1290. The van der Waals surface area contributed by atoms with Crippen molar-refractivity contribution < 1.29 is 17.3 Å². The highest BCUT2D eigenvalue weighted by Gasteiger charge is 2.22. The number of halogens is 2. The van der Waals surface area contributed by atoms with Gasteiger partial charge in [0, 0.05) is 5.02 Å². The molecule has 5 nitrogen and oxygen atoms in total. The van der Waals surface area contributed by atoms with Gasteiger partial charge in [0.05, 0.1) is 23.3 Å². The molecule has 0 aliphatic rings. The van der Waals surface area contributed by atoms with Gasteiger partial charge in [-0.25, -0.2) is 0 Å². The van der Waals surface area contributed by atoms with E-state index in [0.717, 1.165) is 5.56 Å². The van der Waals surface area contributed by atoms with E-state index in [9.17, 15) is 13.7 Å². The fourth-order valence-corrected chi connectivity index (χ4v) is 4.24. The van der Waals surface area contributed by atoms with Gasteiger partial charge in [0.1, 0.15) is 4.90 Å². The maximum atomic E-state index is 12.7. The molecule has 0 N–H and O–H groups in total. The Kier molecular flexibility index (Phi) is 7.47. The van der Waals surface area contributed by atoms with Gasteiger partial charge in [-0.1, -0.05) is 53.0 Å². The maximum absolute atomic E-state index is 12.7. The van der Waals surface area contributed by atoms with E-state index in [2.05, 4.69) is 6.07 Å². The highest BCUT2D eigenvalue weighted by Crippen LogP contribution is 2.39. The molecule has 3 rings (SSSR count). The summed E-state index contributed by atoms with van der Waals surface area (Å²) in [6.45, 7) is 3.86. The SMILES string of the molecule is CCOc1cc(/C=C(\C#N)c2ccc(Cl)cc2)cc(Cl)c1OS(=O)(=O)c1ccc(C)cc1. The Morgan fingerprint density at radius 1 is 1.06 bits per heavy atom. The lowest BCUT2D eigenvalue weighted by Crippen LogP contribution is -2.11. The summed E-state index contributed by atoms with van der Waals surface area (Å²) in [5.74, 6) is 0.0339. The van der Waals surface area contributed by atoms with Crippen LogP contribution in [0.2, 0.25) is 10.0 Å². The lowest BCUT2D eigenvalue weighted by atomic mass is 10.0. The van der Waals surface area contributed by atoms with Crippen molar-refractivity contribution in [1.29, 1.82) is 5.26 Å². The van der Waals surface area contributed by atoms with E-state index >= 15 is 0 Å². The highest BCUT2D eigenvalue weighted by atomic mass is 35.5. The van der Waals surface area contributed by atoms with E-state index in [1.54, 1.807) is 55.5 Å². The molecular formula is C24H19Cl2NO4S. The van der Waals surface area contributed by atoms with Crippen LogP contribution in [0.4, 0.5) is 0 Å². The number of aryl methyl sites for hydroxylation is 1. The second kappa shape index (κ2) is 10.1. The summed E-state index contributed by atoms with van der Waals surface area (Å²) < 4.78 is 36.4. The Hall–Kier alpha value is -2.98. The highest BCUT2D eigenvalue weighted by molar-refractivity contribution is 7.87. The zero-order valence-corrected chi connectivity index (χ0v) is 19.6. The lowest BCUT2D eigenvalue weighted by Gasteiger charge is -2.14. The number of hydrogen-bond acceptors (Lipinski definition) is 5. The molecule has 0 amide bonds. The molecule has 0 aliphatic heterocycles. The Morgan fingerprint density at radius 2 is 1.72 bits per heavy atom. The van der Waals surface area contributed by atoms with Crippen LogP contribution >= 0.6 is 23.2 Å². The first-order valence-corrected chi connectivity index (χ1v) is 11.7. The van der Waals surface area contributed by atoms with Crippen LogP contribution in [-0.2, 0) is 10.1 Å². The number of allylic oxidation sites excluding steroid dienone is 1. The predicted octanol–water partition coefficient (Wildman–Crippen LogP) is 6.53. The largest absolute Gasteiger partial charge is 0.490 e. The van der Waals surface area contributed by atoms with E-state index < -0.39 is 10.1 Å². The topological polar surface area (TPSA) is 76.4 Å². The fraction of sp³-hybridized carbons (Fsp3) is 0.125. The van der Waals surface area contributed by atoms with Gasteiger partial charge in [-0.15, -0.1) is 0 Å². The third kappa shape index (κ3) is 5.63. The molecule has 0 spiro atoms. The van der Waals surface area contributed by atoms with Crippen molar-refractivity contribution in [2.45, 2.75) is 18.7 Å². The van der Waals surface area contributed by atoms with Crippen LogP contribution in [0.15, 0.2) is 65.6 Å². The molecule has 0 unspecified atom stereocenters. The molecule has 0 atom stereocenters. The minimum absolute atomic E-state index is 0.0000858. The van der Waals surface area contributed by atoms with Crippen LogP contribution in [0.1, 0.15) is 23.6 Å². The van der Waals surface area contributed by atoms with Gasteiger partial charge in [0.2, 0.25) is 5.75 Å². The van der Waals surface area contributed by atoms with Crippen molar-refractivity contribution >= 4 is 45.0 Å². The zero-order chi connectivity index (χ0) is 23.3. The predicted molar refractivity (Wildman–Crippen MR) is 127 cm³/mol. The standard InChI is InChI=1S/C24H19Cl2NO4S/c1-3-30-23-14-17(12-19(15-27)18-6-8-20(25)9-7-18)13-22(26)24(23)31-32(28,29)21-10-4-16(2)5-11-21/h4-14H,3H2,1-2H3/b19-12+. The molecule has 0 heterocycles. The first-order chi connectivity index (χ1) is 15.2. The Balaban J connectivity index is 2.02. The van der Waals surface area contributed by atoms with Crippen LogP contribution in [0, 0.1) is 18.3 Å². The molecule has 164 valence electrons. The molecule has 0 aliphatic carbocycles. The third-order valence-corrected chi connectivity index (χ3v) is 6.19. The molecule has 3 aromatic carbocycles. The minimum atomic E-state index is -4.13. The lowest BCUT2D eigenvalue weighted by molar-refractivity contribution is 0.327. The third-order valence-electron chi connectivity index (χ3n) is 4.42. The molecule has 32 heavy (non-hydrogen) atoms. The van der Waals surface area contributed by atoms with Crippen LogP contribution in [0.25, 0.3) is 11.6 Å². The first kappa shape index (κ1) is 23.7. The van der Waals surface area contributed by atoms with E-state index in [0.29, 0.717) is 21.7 Å². The quantitative estimate of drug-likeness (QED) is 0.215. The van der Waals surface area contributed by atoms with E-state index in [-0.39, 0.29) is 28.0 Å². The molecule has 0 saturated carbocycles. The molecule has 3 aromatic rings. The van der Waals surface area contributed by atoms with Crippen LogP contribution < -0.4 is 8.92 Å². The van der Waals surface area contributed by atoms with Gasteiger partial charge >= 0.3 is 10.1 Å². The molecule has 0 radical (unpaired) electrons. The van der Waals surface area contributed by atoms with Crippen LogP contribution in [-0.4, -0.2) is 15.0 Å². The summed E-state index contributed by atoms with van der Waals surface area (Å²) in [5, 5.41) is 10.2. The second-order valence-corrected chi connectivity index (χ2v) is 9.18. The van der Waals surface area contributed by atoms with Crippen molar-refractivity contribution in [1.82, 2.24) is 0 Å². The second-order valence-electron chi connectivity index (χ2n) is 6.79. The average Bonchev–Trinajstić information content (AvgIpc) is 2.75. The fourth-order valence-electron chi connectivity index (χ4n) is 2.85. The van der Waals surface area contributed by atoms with E-state index in [1.165, 1.54) is 18.2 Å². The maximum Gasteiger partial charge on any atom is 0.339 e. The van der Waals surface area contributed by atoms with Crippen LogP contribution in [0.3, 0.4) is 0 Å². The van der Waals surface area contributed by atoms with Gasteiger partial charge in [0.15, 0.2) is 5.75 Å². The number of ether oxygens (including phenoxy) is 1. The van der Waals surface area contributed by atoms with Crippen LogP contribution in [0.5, 0.6) is 11.5 Å². The summed E-state index contributed by atoms with van der Waals surface area (Å²) in [4.78, 5) is 0.0000858. The average molecular weight is 488 g/mol.